The van der Waals surface area contributed by atoms with Crippen molar-refractivity contribution in [2.24, 2.45) is 0 Å². The zero-order chi connectivity index (χ0) is 12.1. The summed E-state index contributed by atoms with van der Waals surface area (Å²) in [4.78, 5) is 24.4. The molecule has 1 atom stereocenters. The molecule has 1 saturated heterocycles. The SMILES string of the molecule is COC(C)C(=O)N1CCC(NC(C)=O)CC1. The summed E-state index contributed by atoms with van der Waals surface area (Å²) in [6.07, 6.45) is 1.26. The van der Waals surface area contributed by atoms with Gasteiger partial charge in [0.1, 0.15) is 6.10 Å². The number of methoxy groups -OCH3 is 1. The van der Waals surface area contributed by atoms with Gasteiger partial charge in [-0.3, -0.25) is 9.59 Å². The van der Waals surface area contributed by atoms with E-state index in [0.29, 0.717) is 13.1 Å². The Hall–Kier alpha value is -1.10. The van der Waals surface area contributed by atoms with Crippen LogP contribution in [0.2, 0.25) is 0 Å². The molecule has 1 aliphatic rings. The van der Waals surface area contributed by atoms with E-state index in [1.165, 1.54) is 14.0 Å². The fraction of sp³-hybridized carbons (Fsp3) is 0.818. The quantitative estimate of drug-likeness (QED) is 0.748. The maximum atomic E-state index is 11.8. The Morgan fingerprint density at radius 3 is 2.38 bits per heavy atom. The number of hydrogen-bond donors (Lipinski definition) is 1. The lowest BCUT2D eigenvalue weighted by molar-refractivity contribution is -0.142. The lowest BCUT2D eigenvalue weighted by atomic mass is 10.0. The molecule has 16 heavy (non-hydrogen) atoms. The zero-order valence-corrected chi connectivity index (χ0v) is 10.2. The van der Waals surface area contributed by atoms with Gasteiger partial charge in [-0.25, -0.2) is 0 Å². The van der Waals surface area contributed by atoms with Crippen molar-refractivity contribution in [2.75, 3.05) is 20.2 Å². The average Bonchev–Trinajstić information content (AvgIpc) is 2.27. The van der Waals surface area contributed by atoms with Crippen LogP contribution in [0.15, 0.2) is 0 Å². The van der Waals surface area contributed by atoms with Crippen molar-refractivity contribution in [3.63, 3.8) is 0 Å². The number of nitrogens with zero attached hydrogens (tertiary/aromatic N) is 1. The van der Waals surface area contributed by atoms with Crippen molar-refractivity contribution >= 4 is 11.8 Å². The van der Waals surface area contributed by atoms with Crippen LogP contribution in [-0.2, 0) is 14.3 Å². The minimum Gasteiger partial charge on any atom is -0.372 e. The van der Waals surface area contributed by atoms with E-state index in [4.69, 9.17) is 4.74 Å². The van der Waals surface area contributed by atoms with E-state index in [-0.39, 0.29) is 24.0 Å². The van der Waals surface area contributed by atoms with Gasteiger partial charge in [0.05, 0.1) is 0 Å². The summed E-state index contributed by atoms with van der Waals surface area (Å²) in [6, 6.07) is 0.208. The molecular formula is C11H20N2O3. The number of hydrogen-bond acceptors (Lipinski definition) is 3. The monoisotopic (exact) mass is 228 g/mol. The Balaban J connectivity index is 2.37. The van der Waals surface area contributed by atoms with Gasteiger partial charge in [-0.1, -0.05) is 0 Å². The van der Waals surface area contributed by atoms with E-state index in [1.54, 1.807) is 11.8 Å². The summed E-state index contributed by atoms with van der Waals surface area (Å²) in [6.45, 7) is 4.65. The van der Waals surface area contributed by atoms with Crippen molar-refractivity contribution in [1.82, 2.24) is 10.2 Å². The second-order valence-electron chi connectivity index (χ2n) is 4.18. The number of carbonyl (C=O) groups excluding carboxylic acids is 2. The van der Waals surface area contributed by atoms with Gasteiger partial charge in [0.25, 0.3) is 5.91 Å². The standard InChI is InChI=1S/C11H20N2O3/c1-8(16-3)11(15)13-6-4-10(5-7-13)12-9(2)14/h8,10H,4-7H2,1-3H3,(H,12,14). The Kier molecular flexibility index (Phi) is 4.73. The lowest BCUT2D eigenvalue weighted by Crippen LogP contribution is -2.48. The van der Waals surface area contributed by atoms with Gasteiger partial charge in [0.2, 0.25) is 5.91 Å². The maximum absolute atomic E-state index is 11.8. The molecule has 0 aromatic heterocycles. The number of rotatable bonds is 3. The third kappa shape index (κ3) is 3.48. The molecule has 0 saturated carbocycles. The molecule has 0 radical (unpaired) electrons. The van der Waals surface area contributed by atoms with Gasteiger partial charge in [0, 0.05) is 33.2 Å². The summed E-state index contributed by atoms with van der Waals surface area (Å²) in [5.74, 6) is 0.0267. The normalized spacial score (nSPS) is 19.3. The summed E-state index contributed by atoms with van der Waals surface area (Å²) >= 11 is 0. The van der Waals surface area contributed by atoms with Crippen LogP contribution in [0.1, 0.15) is 26.7 Å². The highest BCUT2D eigenvalue weighted by molar-refractivity contribution is 5.80. The number of nitrogens with one attached hydrogen (secondary N) is 1. The van der Waals surface area contributed by atoms with Gasteiger partial charge < -0.3 is 15.0 Å². The number of carbonyl (C=O) groups is 2. The van der Waals surface area contributed by atoms with E-state index in [9.17, 15) is 9.59 Å². The molecule has 1 fully saturated rings. The van der Waals surface area contributed by atoms with Gasteiger partial charge in [-0.05, 0) is 19.8 Å². The third-order valence-electron chi connectivity index (χ3n) is 2.92. The van der Waals surface area contributed by atoms with Crippen molar-refractivity contribution in [2.45, 2.75) is 38.8 Å². The van der Waals surface area contributed by atoms with E-state index in [0.717, 1.165) is 12.8 Å². The zero-order valence-electron chi connectivity index (χ0n) is 10.2. The average molecular weight is 228 g/mol. The molecule has 1 rings (SSSR count). The molecule has 0 bridgehead atoms. The second-order valence-corrected chi connectivity index (χ2v) is 4.18. The molecule has 0 spiro atoms. The van der Waals surface area contributed by atoms with E-state index < -0.39 is 0 Å². The molecule has 1 unspecified atom stereocenters. The number of likely N-dealkylation sites (tertiary alicyclic amines) is 1. The van der Waals surface area contributed by atoms with Crippen LogP contribution in [0, 0.1) is 0 Å². The van der Waals surface area contributed by atoms with Crippen LogP contribution in [0.4, 0.5) is 0 Å². The van der Waals surface area contributed by atoms with Crippen LogP contribution >= 0.6 is 0 Å². The van der Waals surface area contributed by atoms with Crippen molar-refractivity contribution in [1.29, 1.82) is 0 Å². The third-order valence-corrected chi connectivity index (χ3v) is 2.92. The van der Waals surface area contributed by atoms with Gasteiger partial charge in [0.15, 0.2) is 0 Å². The highest BCUT2D eigenvalue weighted by atomic mass is 16.5. The molecule has 1 aliphatic heterocycles. The topological polar surface area (TPSA) is 58.6 Å². The molecule has 0 aromatic rings. The van der Waals surface area contributed by atoms with Crippen LogP contribution in [0.5, 0.6) is 0 Å². The molecule has 5 nitrogen and oxygen atoms in total. The maximum Gasteiger partial charge on any atom is 0.251 e. The van der Waals surface area contributed by atoms with Crippen LogP contribution in [0.3, 0.4) is 0 Å². The van der Waals surface area contributed by atoms with E-state index >= 15 is 0 Å². The molecule has 0 aromatic carbocycles. The lowest BCUT2D eigenvalue weighted by Gasteiger charge is -2.33. The number of piperidine rings is 1. The molecule has 2 amide bonds. The predicted molar refractivity (Wildman–Crippen MR) is 59.9 cm³/mol. The van der Waals surface area contributed by atoms with Gasteiger partial charge in [-0.2, -0.15) is 0 Å². The summed E-state index contributed by atoms with van der Waals surface area (Å²) in [7, 11) is 1.53. The highest BCUT2D eigenvalue weighted by Crippen LogP contribution is 2.12. The smallest absolute Gasteiger partial charge is 0.251 e. The summed E-state index contributed by atoms with van der Waals surface area (Å²) in [5.41, 5.74) is 0. The number of ether oxygens (including phenoxy) is 1. The van der Waals surface area contributed by atoms with Crippen LogP contribution in [-0.4, -0.2) is 49.1 Å². The summed E-state index contributed by atoms with van der Waals surface area (Å²) < 4.78 is 5.00. The van der Waals surface area contributed by atoms with Crippen molar-refractivity contribution in [3.05, 3.63) is 0 Å². The Morgan fingerprint density at radius 2 is 1.94 bits per heavy atom. The first-order valence-electron chi connectivity index (χ1n) is 5.63. The molecular weight excluding hydrogens is 208 g/mol. The Labute approximate surface area is 96.1 Å². The van der Waals surface area contributed by atoms with Gasteiger partial charge >= 0.3 is 0 Å². The highest BCUT2D eigenvalue weighted by Gasteiger charge is 2.25. The fourth-order valence-corrected chi connectivity index (χ4v) is 1.89. The minimum atomic E-state index is -0.377. The fourth-order valence-electron chi connectivity index (χ4n) is 1.89. The Morgan fingerprint density at radius 1 is 1.38 bits per heavy atom. The van der Waals surface area contributed by atoms with Crippen LogP contribution < -0.4 is 5.32 Å². The van der Waals surface area contributed by atoms with Crippen molar-refractivity contribution < 1.29 is 14.3 Å². The first kappa shape index (κ1) is 13.0. The molecule has 1 N–H and O–H groups in total. The van der Waals surface area contributed by atoms with E-state index in [2.05, 4.69) is 5.32 Å². The molecule has 5 heteroatoms. The van der Waals surface area contributed by atoms with E-state index in [1.807, 2.05) is 0 Å². The number of amides is 2. The second kappa shape index (κ2) is 5.84. The first-order valence-corrected chi connectivity index (χ1v) is 5.63. The molecule has 92 valence electrons. The predicted octanol–water partition coefficient (Wildman–Crippen LogP) is 0.148. The Bertz CT molecular complexity index is 260. The molecule has 0 aliphatic carbocycles. The molecule has 1 heterocycles. The van der Waals surface area contributed by atoms with Gasteiger partial charge in [-0.15, -0.1) is 0 Å². The first-order chi connectivity index (χ1) is 7.54. The largest absolute Gasteiger partial charge is 0.372 e. The summed E-state index contributed by atoms with van der Waals surface area (Å²) in [5, 5.41) is 2.88. The minimum absolute atomic E-state index is 0.00460. The van der Waals surface area contributed by atoms with Crippen LogP contribution in [0.25, 0.3) is 0 Å². The van der Waals surface area contributed by atoms with Crippen molar-refractivity contribution in [3.8, 4) is 0 Å².